The van der Waals surface area contributed by atoms with Gasteiger partial charge in [-0.1, -0.05) is 18.2 Å². The third kappa shape index (κ3) is 2.69. The molecule has 114 valence electrons. The number of amides is 1. The standard InChI is InChI=1S/C17H12N2O4/c18-15(20)11-3-1-2-9(6-11)10-4-5-13-12(7-10)8-14(17(22)23)19-16(13)21/h1-8H,(H2,18,20)(H,19,21)(H,22,23). The van der Waals surface area contributed by atoms with Crippen molar-refractivity contribution < 1.29 is 14.7 Å². The summed E-state index contributed by atoms with van der Waals surface area (Å²) in [6, 6.07) is 13.2. The molecule has 0 saturated carbocycles. The number of aromatic amines is 1. The predicted octanol–water partition coefficient (Wildman–Crippen LogP) is 1.99. The topological polar surface area (TPSA) is 113 Å². The second-order valence-corrected chi connectivity index (χ2v) is 5.06. The Kier molecular flexibility index (Phi) is 3.42. The number of nitrogens with one attached hydrogen (secondary N) is 1. The number of aromatic carboxylic acids is 1. The van der Waals surface area contributed by atoms with Gasteiger partial charge >= 0.3 is 5.97 Å². The zero-order chi connectivity index (χ0) is 16.6. The zero-order valence-electron chi connectivity index (χ0n) is 11.9. The number of carbonyl (C=O) groups excluding carboxylic acids is 1. The summed E-state index contributed by atoms with van der Waals surface area (Å²) in [7, 11) is 0. The largest absolute Gasteiger partial charge is 0.477 e. The number of carbonyl (C=O) groups is 2. The number of rotatable bonds is 3. The van der Waals surface area contributed by atoms with Gasteiger partial charge in [-0.05, 0) is 46.8 Å². The van der Waals surface area contributed by atoms with Crippen LogP contribution in [-0.4, -0.2) is 22.0 Å². The molecule has 0 spiro atoms. The molecule has 6 nitrogen and oxygen atoms in total. The molecule has 0 aliphatic carbocycles. The highest BCUT2D eigenvalue weighted by molar-refractivity contribution is 5.96. The molecule has 0 aliphatic heterocycles. The van der Waals surface area contributed by atoms with Crippen molar-refractivity contribution in [1.29, 1.82) is 0 Å². The van der Waals surface area contributed by atoms with Crippen LogP contribution in [-0.2, 0) is 0 Å². The Bertz CT molecular complexity index is 1000. The number of hydrogen-bond donors (Lipinski definition) is 3. The van der Waals surface area contributed by atoms with Gasteiger partial charge in [0, 0.05) is 10.9 Å². The summed E-state index contributed by atoms with van der Waals surface area (Å²) in [5.41, 5.74) is 6.52. The number of aromatic nitrogens is 1. The maximum absolute atomic E-state index is 11.9. The van der Waals surface area contributed by atoms with E-state index in [2.05, 4.69) is 4.98 Å². The summed E-state index contributed by atoms with van der Waals surface area (Å²) in [5.74, 6) is -1.73. The molecule has 3 aromatic rings. The van der Waals surface area contributed by atoms with E-state index < -0.39 is 17.4 Å². The molecule has 0 fully saturated rings. The monoisotopic (exact) mass is 308 g/mol. The minimum Gasteiger partial charge on any atom is -0.477 e. The Hall–Kier alpha value is -3.41. The van der Waals surface area contributed by atoms with Crippen molar-refractivity contribution in [1.82, 2.24) is 4.98 Å². The third-order valence-electron chi connectivity index (χ3n) is 3.56. The van der Waals surface area contributed by atoms with Crippen LogP contribution in [0.3, 0.4) is 0 Å². The maximum Gasteiger partial charge on any atom is 0.352 e. The molecule has 23 heavy (non-hydrogen) atoms. The van der Waals surface area contributed by atoms with Gasteiger partial charge in [-0.15, -0.1) is 0 Å². The summed E-state index contributed by atoms with van der Waals surface area (Å²) in [6.45, 7) is 0. The second-order valence-electron chi connectivity index (χ2n) is 5.06. The Morgan fingerprint density at radius 1 is 1.00 bits per heavy atom. The van der Waals surface area contributed by atoms with Crippen molar-refractivity contribution in [3.63, 3.8) is 0 Å². The fraction of sp³-hybridized carbons (Fsp3) is 0. The highest BCUT2D eigenvalue weighted by Crippen LogP contribution is 2.24. The van der Waals surface area contributed by atoms with Gasteiger partial charge in [-0.3, -0.25) is 9.59 Å². The van der Waals surface area contributed by atoms with Crippen LogP contribution in [0.4, 0.5) is 0 Å². The van der Waals surface area contributed by atoms with Gasteiger partial charge in [0.1, 0.15) is 5.69 Å². The smallest absolute Gasteiger partial charge is 0.352 e. The van der Waals surface area contributed by atoms with Crippen LogP contribution in [0.25, 0.3) is 21.9 Å². The van der Waals surface area contributed by atoms with E-state index in [1.54, 1.807) is 42.5 Å². The number of benzene rings is 2. The first-order chi connectivity index (χ1) is 11.0. The SMILES string of the molecule is NC(=O)c1cccc(-c2ccc3c(=O)[nH]c(C(=O)O)cc3c2)c1. The number of primary amides is 1. The minimum absolute atomic E-state index is 0.175. The average molecular weight is 308 g/mol. The maximum atomic E-state index is 11.9. The van der Waals surface area contributed by atoms with Crippen molar-refractivity contribution >= 4 is 22.6 Å². The van der Waals surface area contributed by atoms with E-state index in [9.17, 15) is 14.4 Å². The molecule has 0 unspecified atom stereocenters. The lowest BCUT2D eigenvalue weighted by Gasteiger charge is -2.06. The van der Waals surface area contributed by atoms with Gasteiger partial charge in [-0.25, -0.2) is 4.79 Å². The molecule has 0 atom stereocenters. The molecule has 1 aromatic heterocycles. The van der Waals surface area contributed by atoms with Gasteiger partial charge < -0.3 is 15.8 Å². The lowest BCUT2D eigenvalue weighted by molar-refractivity contribution is 0.0690. The van der Waals surface area contributed by atoms with Crippen LogP contribution < -0.4 is 11.3 Å². The number of fused-ring (bicyclic) bond motifs is 1. The number of carboxylic acid groups (broad SMARTS) is 1. The first-order valence-corrected chi connectivity index (χ1v) is 6.76. The highest BCUT2D eigenvalue weighted by Gasteiger charge is 2.09. The van der Waals surface area contributed by atoms with E-state index in [-0.39, 0.29) is 5.69 Å². The van der Waals surface area contributed by atoms with Crippen LogP contribution in [0.1, 0.15) is 20.8 Å². The fourth-order valence-electron chi connectivity index (χ4n) is 2.42. The lowest BCUT2D eigenvalue weighted by Crippen LogP contribution is -2.12. The molecule has 1 amide bonds. The molecule has 0 aliphatic rings. The van der Waals surface area contributed by atoms with Gasteiger partial charge in [-0.2, -0.15) is 0 Å². The van der Waals surface area contributed by atoms with Crippen molar-refractivity contribution in [2.75, 3.05) is 0 Å². The van der Waals surface area contributed by atoms with E-state index in [0.717, 1.165) is 11.1 Å². The first-order valence-electron chi connectivity index (χ1n) is 6.76. The molecular weight excluding hydrogens is 296 g/mol. The fourth-order valence-corrected chi connectivity index (χ4v) is 2.42. The van der Waals surface area contributed by atoms with E-state index in [1.807, 2.05) is 0 Å². The molecule has 4 N–H and O–H groups in total. The van der Waals surface area contributed by atoms with Crippen molar-refractivity contribution in [2.45, 2.75) is 0 Å². The van der Waals surface area contributed by atoms with Gasteiger partial charge in [0.2, 0.25) is 5.91 Å². The Labute approximate surface area is 130 Å². The summed E-state index contributed by atoms with van der Waals surface area (Å²) in [4.78, 5) is 36.6. The number of H-pyrrole nitrogens is 1. The molecule has 0 bridgehead atoms. The summed E-state index contributed by atoms with van der Waals surface area (Å²) >= 11 is 0. The zero-order valence-corrected chi connectivity index (χ0v) is 11.9. The van der Waals surface area contributed by atoms with Crippen LogP contribution in [0.2, 0.25) is 0 Å². The minimum atomic E-state index is -1.20. The molecular formula is C17H12N2O4. The van der Waals surface area contributed by atoms with E-state index in [4.69, 9.17) is 10.8 Å². The van der Waals surface area contributed by atoms with Crippen LogP contribution >= 0.6 is 0 Å². The Morgan fingerprint density at radius 3 is 2.43 bits per heavy atom. The molecule has 6 heteroatoms. The van der Waals surface area contributed by atoms with Gasteiger partial charge in [0.25, 0.3) is 5.56 Å². The van der Waals surface area contributed by atoms with E-state index in [1.165, 1.54) is 6.07 Å². The average Bonchev–Trinajstić information content (AvgIpc) is 2.54. The predicted molar refractivity (Wildman–Crippen MR) is 85.5 cm³/mol. The van der Waals surface area contributed by atoms with E-state index >= 15 is 0 Å². The third-order valence-corrected chi connectivity index (χ3v) is 3.56. The van der Waals surface area contributed by atoms with Crippen LogP contribution in [0.15, 0.2) is 53.3 Å². The van der Waals surface area contributed by atoms with Crippen molar-refractivity contribution in [3.05, 3.63) is 70.1 Å². The molecule has 2 aromatic carbocycles. The molecule has 0 radical (unpaired) electrons. The quantitative estimate of drug-likeness (QED) is 0.686. The second kappa shape index (κ2) is 5.42. The molecule has 0 saturated heterocycles. The number of carboxylic acids is 1. The summed E-state index contributed by atoms with van der Waals surface area (Å²) in [6.07, 6.45) is 0. The van der Waals surface area contributed by atoms with Gasteiger partial charge in [0.15, 0.2) is 0 Å². The first kappa shape index (κ1) is 14.5. The highest BCUT2D eigenvalue weighted by atomic mass is 16.4. The van der Waals surface area contributed by atoms with Crippen LogP contribution in [0.5, 0.6) is 0 Å². The Balaban J connectivity index is 2.20. The van der Waals surface area contributed by atoms with Crippen LogP contribution in [0, 0.1) is 0 Å². The number of nitrogens with two attached hydrogens (primary N) is 1. The number of hydrogen-bond acceptors (Lipinski definition) is 3. The molecule has 1 heterocycles. The molecule has 3 rings (SSSR count). The van der Waals surface area contributed by atoms with Crippen molar-refractivity contribution in [3.8, 4) is 11.1 Å². The number of pyridine rings is 1. The van der Waals surface area contributed by atoms with E-state index in [0.29, 0.717) is 16.3 Å². The summed E-state index contributed by atoms with van der Waals surface area (Å²) < 4.78 is 0. The van der Waals surface area contributed by atoms with Crippen molar-refractivity contribution in [2.24, 2.45) is 5.73 Å². The lowest BCUT2D eigenvalue weighted by atomic mass is 10.00. The van der Waals surface area contributed by atoms with Gasteiger partial charge in [0.05, 0.1) is 0 Å². The normalized spacial score (nSPS) is 10.6. The summed E-state index contributed by atoms with van der Waals surface area (Å²) in [5, 5.41) is 9.93. The Morgan fingerprint density at radius 2 is 1.74 bits per heavy atom.